The summed E-state index contributed by atoms with van der Waals surface area (Å²) in [5.41, 5.74) is 3.04. The average molecular weight is 701 g/mol. The summed E-state index contributed by atoms with van der Waals surface area (Å²) in [6.45, 7) is 7.82. The number of H-pyrrole nitrogens is 1. The van der Waals surface area contributed by atoms with Gasteiger partial charge < -0.3 is 39.6 Å². The number of carbonyl (C=O) groups excluding carboxylic acids is 4. The van der Waals surface area contributed by atoms with Gasteiger partial charge in [-0.2, -0.15) is 0 Å². The first-order chi connectivity index (χ1) is 24.2. The van der Waals surface area contributed by atoms with E-state index in [1.165, 1.54) is 12.0 Å². The predicted molar refractivity (Wildman–Crippen MR) is 197 cm³/mol. The Morgan fingerprint density at radius 2 is 1.69 bits per heavy atom. The standard InChI is InChI=1S/C38H48N6O7/c1-24-16-19-29(31(21-24)50-20-11-9-10-15-33(45)43(5)6)44(7)36(47)25-17-18-27(30(22-25)49-8)41-35(46)26-13-12-14-28-34(26)42-32(40-28)23-39-37(48)51-38(2,3)4/h12-14,16-19,21-22H,9-11,15,20,23H2,1-8H3,(H,39,48)(H,40,42)(H,41,46). The Balaban J connectivity index is 1.43. The number of benzene rings is 3. The van der Waals surface area contributed by atoms with Gasteiger partial charge in [0.25, 0.3) is 11.8 Å². The van der Waals surface area contributed by atoms with Gasteiger partial charge in [0.15, 0.2) is 0 Å². The molecule has 1 aromatic heterocycles. The van der Waals surface area contributed by atoms with Crippen LogP contribution >= 0.6 is 0 Å². The first-order valence-electron chi connectivity index (χ1n) is 16.8. The van der Waals surface area contributed by atoms with E-state index in [2.05, 4.69) is 20.6 Å². The monoisotopic (exact) mass is 700 g/mol. The number of hydrogen-bond acceptors (Lipinski definition) is 8. The normalized spacial score (nSPS) is 11.1. The molecule has 0 saturated heterocycles. The molecule has 0 spiro atoms. The van der Waals surface area contributed by atoms with Crippen LogP contribution in [0.3, 0.4) is 0 Å². The number of hydrogen-bond donors (Lipinski definition) is 3. The molecule has 0 radical (unpaired) electrons. The molecule has 51 heavy (non-hydrogen) atoms. The second-order valence-electron chi connectivity index (χ2n) is 13.4. The van der Waals surface area contributed by atoms with Crippen LogP contribution in [0.4, 0.5) is 16.2 Å². The molecule has 0 atom stereocenters. The Bertz CT molecular complexity index is 1880. The molecule has 13 heteroatoms. The lowest BCUT2D eigenvalue weighted by Crippen LogP contribution is -2.32. The zero-order chi connectivity index (χ0) is 37.3. The van der Waals surface area contributed by atoms with Crippen molar-refractivity contribution in [3.8, 4) is 11.5 Å². The SMILES string of the molecule is COc1cc(C(=O)N(C)c2ccc(C)cc2OCCCCCC(=O)N(C)C)ccc1NC(=O)c1cccc2[nH]c(CNC(=O)OC(C)(C)C)nc12. The maximum absolute atomic E-state index is 13.7. The molecule has 13 nitrogen and oxygen atoms in total. The molecular formula is C38H48N6O7. The minimum atomic E-state index is -0.637. The Hall–Kier alpha value is -5.59. The lowest BCUT2D eigenvalue weighted by atomic mass is 10.1. The van der Waals surface area contributed by atoms with Crippen LogP contribution in [0.5, 0.6) is 11.5 Å². The largest absolute Gasteiger partial charge is 0.495 e. The molecule has 0 saturated carbocycles. The van der Waals surface area contributed by atoms with Gasteiger partial charge in [-0.25, -0.2) is 9.78 Å². The smallest absolute Gasteiger partial charge is 0.408 e. The maximum atomic E-state index is 13.7. The summed E-state index contributed by atoms with van der Waals surface area (Å²) in [4.78, 5) is 61.9. The van der Waals surface area contributed by atoms with E-state index < -0.39 is 17.6 Å². The lowest BCUT2D eigenvalue weighted by Gasteiger charge is -2.22. The van der Waals surface area contributed by atoms with E-state index in [4.69, 9.17) is 14.2 Å². The summed E-state index contributed by atoms with van der Waals surface area (Å²) >= 11 is 0. The topological polar surface area (TPSA) is 155 Å². The number of carbonyl (C=O) groups is 4. The van der Waals surface area contributed by atoms with Gasteiger partial charge in [0.2, 0.25) is 5.91 Å². The number of nitrogens with zero attached hydrogens (tertiary/aromatic N) is 3. The minimum Gasteiger partial charge on any atom is -0.495 e. The molecule has 3 N–H and O–H groups in total. The van der Waals surface area contributed by atoms with Crippen molar-refractivity contribution < 1.29 is 33.4 Å². The fourth-order valence-electron chi connectivity index (χ4n) is 5.22. The first-order valence-corrected chi connectivity index (χ1v) is 16.8. The van der Waals surface area contributed by atoms with Crippen LogP contribution in [-0.4, -0.2) is 79.1 Å². The average Bonchev–Trinajstić information content (AvgIpc) is 3.51. The number of unbranched alkanes of at least 4 members (excludes halogenated alkanes) is 2. The van der Waals surface area contributed by atoms with Gasteiger partial charge in [0.1, 0.15) is 28.4 Å². The van der Waals surface area contributed by atoms with Crippen molar-refractivity contribution in [3.05, 3.63) is 77.1 Å². The Morgan fingerprint density at radius 1 is 0.922 bits per heavy atom. The summed E-state index contributed by atoms with van der Waals surface area (Å²) in [5, 5.41) is 5.53. The highest BCUT2D eigenvalue weighted by Gasteiger charge is 2.22. The summed E-state index contributed by atoms with van der Waals surface area (Å²) in [6.07, 6.45) is 2.34. The molecule has 4 amide bonds. The van der Waals surface area contributed by atoms with E-state index in [-0.39, 0.29) is 18.4 Å². The molecule has 1 heterocycles. The fourth-order valence-corrected chi connectivity index (χ4v) is 5.22. The Morgan fingerprint density at radius 3 is 2.39 bits per heavy atom. The molecule has 0 aliphatic carbocycles. The van der Waals surface area contributed by atoms with Crippen molar-refractivity contribution in [2.75, 3.05) is 45.1 Å². The zero-order valence-electron chi connectivity index (χ0n) is 30.6. The molecular weight excluding hydrogens is 652 g/mol. The fraction of sp³-hybridized carbons (Fsp3) is 0.395. The van der Waals surface area contributed by atoms with Crippen LogP contribution < -0.4 is 25.0 Å². The van der Waals surface area contributed by atoms with Crippen molar-refractivity contribution in [2.45, 2.75) is 65.5 Å². The van der Waals surface area contributed by atoms with Crippen molar-refractivity contribution in [1.82, 2.24) is 20.2 Å². The van der Waals surface area contributed by atoms with Crippen LogP contribution in [0.1, 0.15) is 78.6 Å². The van der Waals surface area contributed by atoms with Crippen LogP contribution in [0, 0.1) is 6.92 Å². The number of methoxy groups -OCH3 is 1. The van der Waals surface area contributed by atoms with Gasteiger partial charge in [-0.3, -0.25) is 14.4 Å². The van der Waals surface area contributed by atoms with Crippen molar-refractivity contribution in [1.29, 1.82) is 0 Å². The first kappa shape index (κ1) is 38.2. The summed E-state index contributed by atoms with van der Waals surface area (Å²) in [6, 6.07) is 15.6. The number of anilines is 2. The van der Waals surface area contributed by atoms with Crippen molar-refractivity contribution in [3.63, 3.8) is 0 Å². The van der Waals surface area contributed by atoms with Gasteiger partial charge in [-0.1, -0.05) is 12.1 Å². The van der Waals surface area contributed by atoms with E-state index in [1.807, 2.05) is 25.1 Å². The second-order valence-corrected chi connectivity index (χ2v) is 13.4. The molecule has 272 valence electrons. The Kier molecular flexibility index (Phi) is 12.6. The van der Waals surface area contributed by atoms with Gasteiger partial charge in [-0.15, -0.1) is 0 Å². The number of alkyl carbamates (subject to hydrolysis) is 1. The quantitative estimate of drug-likeness (QED) is 0.127. The van der Waals surface area contributed by atoms with Crippen molar-refractivity contribution >= 4 is 46.2 Å². The summed E-state index contributed by atoms with van der Waals surface area (Å²) in [7, 11) is 6.64. The number of amides is 4. The number of rotatable bonds is 14. The lowest BCUT2D eigenvalue weighted by molar-refractivity contribution is -0.128. The third-order valence-electron chi connectivity index (χ3n) is 7.87. The number of para-hydroxylation sites is 1. The van der Waals surface area contributed by atoms with Crippen LogP contribution in [-0.2, 0) is 16.1 Å². The number of fused-ring (bicyclic) bond motifs is 1. The summed E-state index contributed by atoms with van der Waals surface area (Å²) in [5.74, 6) is 0.720. The summed E-state index contributed by atoms with van der Waals surface area (Å²) < 4.78 is 17.0. The number of aromatic amines is 1. The highest BCUT2D eigenvalue weighted by atomic mass is 16.6. The van der Waals surface area contributed by atoms with Gasteiger partial charge >= 0.3 is 6.09 Å². The molecule has 0 bridgehead atoms. The van der Waals surface area contributed by atoms with Crippen LogP contribution in [0.15, 0.2) is 54.6 Å². The molecule has 0 aliphatic rings. The maximum Gasteiger partial charge on any atom is 0.408 e. The van der Waals surface area contributed by atoms with Crippen molar-refractivity contribution in [2.24, 2.45) is 0 Å². The number of nitrogens with one attached hydrogen (secondary N) is 3. The molecule has 0 aliphatic heterocycles. The highest BCUT2D eigenvalue weighted by Crippen LogP contribution is 2.32. The van der Waals surface area contributed by atoms with Crippen LogP contribution in [0.25, 0.3) is 11.0 Å². The van der Waals surface area contributed by atoms with E-state index in [0.29, 0.717) is 63.9 Å². The van der Waals surface area contributed by atoms with E-state index in [0.717, 1.165) is 24.8 Å². The number of imidazole rings is 1. The molecule has 3 aromatic carbocycles. The minimum absolute atomic E-state index is 0.0824. The second kappa shape index (κ2) is 16.9. The number of aromatic nitrogens is 2. The number of ether oxygens (including phenoxy) is 3. The zero-order valence-corrected chi connectivity index (χ0v) is 30.6. The van der Waals surface area contributed by atoms with Crippen LogP contribution in [0.2, 0.25) is 0 Å². The predicted octanol–water partition coefficient (Wildman–Crippen LogP) is 6.46. The van der Waals surface area contributed by atoms with E-state index >= 15 is 0 Å². The van der Waals surface area contributed by atoms with E-state index in [9.17, 15) is 19.2 Å². The Labute approximate surface area is 298 Å². The number of aryl methyl sites for hydroxylation is 1. The van der Waals surface area contributed by atoms with E-state index in [1.54, 1.807) is 83.2 Å². The van der Waals surface area contributed by atoms with Gasteiger partial charge in [-0.05, 0) is 95.0 Å². The van der Waals surface area contributed by atoms with Gasteiger partial charge in [0.05, 0.1) is 42.7 Å². The molecule has 4 aromatic rings. The third kappa shape index (κ3) is 10.5. The molecule has 0 fully saturated rings. The molecule has 4 rings (SSSR count). The highest BCUT2D eigenvalue weighted by molar-refractivity contribution is 6.12. The molecule has 0 unspecified atom stereocenters. The van der Waals surface area contributed by atoms with Gasteiger partial charge in [0, 0.05) is 33.1 Å². The third-order valence-corrected chi connectivity index (χ3v) is 7.87.